The molecule has 1 unspecified atom stereocenters. The van der Waals surface area contributed by atoms with Crippen molar-refractivity contribution in [2.75, 3.05) is 13.2 Å². The molecule has 0 heterocycles. The summed E-state index contributed by atoms with van der Waals surface area (Å²) in [5.41, 5.74) is 0. The first-order chi connectivity index (χ1) is 34.5. The van der Waals surface area contributed by atoms with E-state index in [0.717, 1.165) is 83.5 Å². The van der Waals surface area contributed by atoms with Crippen LogP contribution in [0.15, 0.2) is 60.8 Å². The van der Waals surface area contributed by atoms with E-state index in [2.05, 4.69) is 81.5 Å². The van der Waals surface area contributed by atoms with Crippen LogP contribution in [0.3, 0.4) is 0 Å². The van der Waals surface area contributed by atoms with Gasteiger partial charge in [-0.15, -0.1) is 0 Å². The normalized spacial score (nSPS) is 12.4. The maximum Gasteiger partial charge on any atom is 0.306 e. The first kappa shape index (κ1) is 67.1. The molecule has 0 fully saturated rings. The minimum atomic E-state index is -0.789. The Hall–Kier alpha value is -2.89. The molecule has 0 aromatic heterocycles. The largest absolute Gasteiger partial charge is 0.462 e. The summed E-state index contributed by atoms with van der Waals surface area (Å²) in [6, 6.07) is 0. The molecule has 0 amide bonds. The zero-order chi connectivity index (χ0) is 50.7. The second-order valence-electron chi connectivity index (χ2n) is 20.2. The van der Waals surface area contributed by atoms with Gasteiger partial charge in [-0.2, -0.15) is 0 Å². The summed E-state index contributed by atoms with van der Waals surface area (Å²) < 4.78 is 16.9. The number of hydrogen-bond acceptors (Lipinski definition) is 6. The quantitative estimate of drug-likeness (QED) is 0.0261. The van der Waals surface area contributed by atoms with Crippen molar-refractivity contribution in [1.29, 1.82) is 0 Å². The average Bonchev–Trinajstić information content (AvgIpc) is 3.36. The van der Waals surface area contributed by atoms with Crippen LogP contribution in [0.4, 0.5) is 0 Å². The molecule has 0 bridgehead atoms. The molecule has 0 aliphatic heterocycles. The number of rotatable bonds is 55. The molecule has 6 nitrogen and oxygen atoms in total. The van der Waals surface area contributed by atoms with E-state index in [-0.39, 0.29) is 31.1 Å². The summed E-state index contributed by atoms with van der Waals surface area (Å²) in [5.74, 6) is -0.909. The van der Waals surface area contributed by atoms with E-state index >= 15 is 0 Å². The minimum absolute atomic E-state index is 0.0851. The Balaban J connectivity index is 4.35. The molecule has 0 aromatic rings. The lowest BCUT2D eigenvalue weighted by Crippen LogP contribution is -2.30. The second-order valence-corrected chi connectivity index (χ2v) is 20.2. The van der Waals surface area contributed by atoms with E-state index < -0.39 is 6.10 Å². The first-order valence-electron chi connectivity index (χ1n) is 30.3. The second kappa shape index (κ2) is 58.7. The van der Waals surface area contributed by atoms with Gasteiger partial charge in [0, 0.05) is 19.3 Å². The van der Waals surface area contributed by atoms with Crippen molar-refractivity contribution in [3.05, 3.63) is 60.8 Å². The summed E-state index contributed by atoms with van der Waals surface area (Å²) in [4.78, 5) is 38.2. The van der Waals surface area contributed by atoms with Crippen molar-refractivity contribution in [2.45, 2.75) is 316 Å². The summed E-state index contributed by atoms with van der Waals surface area (Å²) >= 11 is 0. The van der Waals surface area contributed by atoms with Crippen LogP contribution in [-0.2, 0) is 28.6 Å². The molecule has 0 saturated heterocycles. The van der Waals surface area contributed by atoms with Crippen LogP contribution in [0.1, 0.15) is 310 Å². The molecule has 0 radical (unpaired) electrons. The van der Waals surface area contributed by atoms with Gasteiger partial charge in [0.15, 0.2) is 6.10 Å². The maximum absolute atomic E-state index is 12.9. The van der Waals surface area contributed by atoms with Crippen LogP contribution in [-0.4, -0.2) is 37.2 Å². The van der Waals surface area contributed by atoms with Crippen molar-refractivity contribution in [1.82, 2.24) is 0 Å². The van der Waals surface area contributed by atoms with Crippen molar-refractivity contribution in [3.63, 3.8) is 0 Å². The molecule has 0 aliphatic rings. The van der Waals surface area contributed by atoms with Gasteiger partial charge in [0.2, 0.25) is 0 Å². The predicted molar refractivity (Wildman–Crippen MR) is 302 cm³/mol. The molecule has 0 saturated carbocycles. The number of esters is 3. The zero-order valence-corrected chi connectivity index (χ0v) is 46.5. The van der Waals surface area contributed by atoms with Gasteiger partial charge in [0.05, 0.1) is 0 Å². The van der Waals surface area contributed by atoms with Gasteiger partial charge in [0.25, 0.3) is 0 Å². The molecule has 0 spiro atoms. The molecule has 6 heteroatoms. The average molecular weight is 980 g/mol. The summed E-state index contributed by atoms with van der Waals surface area (Å²) in [5, 5.41) is 0. The first-order valence-corrected chi connectivity index (χ1v) is 30.3. The fourth-order valence-electron chi connectivity index (χ4n) is 8.68. The van der Waals surface area contributed by atoms with E-state index in [1.807, 2.05) is 0 Å². The standard InChI is InChI=1S/C64H114O6/c1-4-7-10-13-16-19-22-25-27-29-31-32-33-35-36-39-42-45-48-51-54-57-63(66)69-60-61(59-68-62(65)56-53-50-47-44-41-38-24-21-18-15-12-9-6-3)70-64(67)58-55-52-49-46-43-40-37-34-30-28-26-23-20-17-14-11-8-5-2/h9,12,18,21,28-31,38,41,61H,4-8,10-11,13-17,19-20,22-27,32-37,39-40,42-60H2,1-3H3/b12-9-,21-18-,30-28-,31-29-,41-38-. The number of hydrogen-bond donors (Lipinski definition) is 0. The topological polar surface area (TPSA) is 78.9 Å². The van der Waals surface area contributed by atoms with Gasteiger partial charge < -0.3 is 14.2 Å². The number of carbonyl (C=O) groups is 3. The molecular weight excluding hydrogens is 865 g/mol. The number of carbonyl (C=O) groups excluding carboxylic acids is 3. The van der Waals surface area contributed by atoms with Gasteiger partial charge in [-0.25, -0.2) is 0 Å². The zero-order valence-electron chi connectivity index (χ0n) is 46.5. The summed E-state index contributed by atoms with van der Waals surface area (Å²) in [7, 11) is 0. The third-order valence-corrected chi connectivity index (χ3v) is 13.2. The number of ether oxygens (including phenoxy) is 3. The van der Waals surface area contributed by atoms with Crippen molar-refractivity contribution < 1.29 is 28.6 Å². The van der Waals surface area contributed by atoms with Crippen LogP contribution in [0, 0.1) is 0 Å². The van der Waals surface area contributed by atoms with Crippen molar-refractivity contribution in [3.8, 4) is 0 Å². The Morgan fingerprint density at radius 2 is 0.557 bits per heavy atom. The van der Waals surface area contributed by atoms with Gasteiger partial charge in [-0.1, -0.05) is 248 Å². The molecule has 70 heavy (non-hydrogen) atoms. The van der Waals surface area contributed by atoms with Gasteiger partial charge in [0.1, 0.15) is 13.2 Å². The Morgan fingerprint density at radius 3 is 0.900 bits per heavy atom. The Kier molecular flexibility index (Phi) is 56.3. The van der Waals surface area contributed by atoms with E-state index in [1.54, 1.807) is 0 Å². The van der Waals surface area contributed by atoms with E-state index in [9.17, 15) is 14.4 Å². The lowest BCUT2D eigenvalue weighted by molar-refractivity contribution is -0.167. The third kappa shape index (κ3) is 56.0. The molecule has 0 rings (SSSR count). The van der Waals surface area contributed by atoms with Crippen molar-refractivity contribution in [2.24, 2.45) is 0 Å². The number of allylic oxidation sites excluding steroid dienone is 10. The fourth-order valence-corrected chi connectivity index (χ4v) is 8.68. The lowest BCUT2D eigenvalue weighted by Gasteiger charge is -2.18. The molecule has 0 aromatic carbocycles. The van der Waals surface area contributed by atoms with Crippen LogP contribution >= 0.6 is 0 Å². The highest BCUT2D eigenvalue weighted by atomic mass is 16.6. The molecule has 406 valence electrons. The highest BCUT2D eigenvalue weighted by Gasteiger charge is 2.19. The fraction of sp³-hybridized carbons (Fsp3) is 0.797. The van der Waals surface area contributed by atoms with E-state index in [4.69, 9.17) is 14.2 Å². The summed E-state index contributed by atoms with van der Waals surface area (Å²) in [6.07, 6.45) is 73.7. The Labute approximate surface area is 434 Å². The Bertz CT molecular complexity index is 1260. The van der Waals surface area contributed by atoms with E-state index in [1.165, 1.54) is 186 Å². The Morgan fingerprint density at radius 1 is 0.300 bits per heavy atom. The van der Waals surface area contributed by atoms with Crippen LogP contribution in [0.5, 0.6) is 0 Å². The van der Waals surface area contributed by atoms with Crippen molar-refractivity contribution >= 4 is 17.9 Å². The smallest absolute Gasteiger partial charge is 0.306 e. The van der Waals surface area contributed by atoms with E-state index in [0.29, 0.717) is 19.3 Å². The SMILES string of the molecule is CC/C=C\C/C=C\C/C=C\CCCCCC(=O)OCC(COC(=O)CCCCCCCCCCC/C=C\CCCCCCCCCC)OC(=O)CCCCCCCCC/C=C\CCCCCCCCC. The van der Waals surface area contributed by atoms with Crippen LogP contribution < -0.4 is 0 Å². The third-order valence-electron chi connectivity index (χ3n) is 13.2. The highest BCUT2D eigenvalue weighted by molar-refractivity contribution is 5.71. The minimum Gasteiger partial charge on any atom is -0.462 e. The lowest BCUT2D eigenvalue weighted by atomic mass is 10.1. The molecule has 0 N–H and O–H groups in total. The van der Waals surface area contributed by atoms with Gasteiger partial charge >= 0.3 is 17.9 Å². The van der Waals surface area contributed by atoms with Crippen LogP contribution in [0.25, 0.3) is 0 Å². The maximum atomic E-state index is 12.9. The van der Waals surface area contributed by atoms with Crippen LogP contribution in [0.2, 0.25) is 0 Å². The molecule has 1 atom stereocenters. The number of unbranched alkanes of at least 4 members (excludes halogenated alkanes) is 34. The predicted octanol–water partition coefficient (Wildman–Crippen LogP) is 20.4. The van der Waals surface area contributed by atoms with Gasteiger partial charge in [-0.05, 0) is 103 Å². The molecule has 0 aliphatic carbocycles. The summed E-state index contributed by atoms with van der Waals surface area (Å²) in [6.45, 7) is 6.53. The monoisotopic (exact) mass is 979 g/mol. The highest BCUT2D eigenvalue weighted by Crippen LogP contribution is 2.16. The molecular formula is C64H114O6. The van der Waals surface area contributed by atoms with Gasteiger partial charge in [-0.3, -0.25) is 14.4 Å².